The first kappa shape index (κ1) is 15.1. The summed E-state index contributed by atoms with van der Waals surface area (Å²) < 4.78 is 0. The van der Waals surface area contributed by atoms with E-state index in [2.05, 4.69) is 32.2 Å². The summed E-state index contributed by atoms with van der Waals surface area (Å²) in [6, 6.07) is 0. The lowest BCUT2D eigenvalue weighted by Gasteiger charge is -2.40. The molecule has 1 N–H and O–H groups in total. The molecule has 0 aromatic heterocycles. The van der Waals surface area contributed by atoms with E-state index in [0.29, 0.717) is 5.41 Å². The zero-order chi connectivity index (χ0) is 13.8. The maximum absolute atomic E-state index is 3.82. The summed E-state index contributed by atoms with van der Waals surface area (Å²) in [5.41, 5.74) is 2.54. The fraction of sp³-hybridized carbons (Fsp3) is 0.889. The summed E-state index contributed by atoms with van der Waals surface area (Å²) in [5, 5.41) is 3.82. The van der Waals surface area contributed by atoms with Gasteiger partial charge in [0.25, 0.3) is 0 Å². The van der Waals surface area contributed by atoms with Crippen LogP contribution in [0.4, 0.5) is 0 Å². The van der Waals surface area contributed by atoms with Crippen LogP contribution in [0.2, 0.25) is 0 Å². The minimum atomic E-state index is 0.245. The van der Waals surface area contributed by atoms with Crippen molar-refractivity contribution < 1.29 is 0 Å². The highest BCUT2D eigenvalue weighted by Crippen LogP contribution is 2.44. The number of hydrogen-bond acceptors (Lipinski definition) is 1. The maximum atomic E-state index is 3.82. The molecule has 0 aliphatic heterocycles. The predicted octanol–water partition coefficient (Wildman–Crippen LogP) is 5.22. The van der Waals surface area contributed by atoms with Gasteiger partial charge in [-0.3, -0.25) is 0 Å². The molecule has 0 unspecified atom stereocenters. The molecular formula is C18H33N. The largest absolute Gasteiger partial charge is 0.311 e. The van der Waals surface area contributed by atoms with E-state index in [-0.39, 0.29) is 5.54 Å². The summed E-state index contributed by atoms with van der Waals surface area (Å²) in [5.74, 6) is 0. The fourth-order valence-corrected chi connectivity index (χ4v) is 3.77. The third-order valence-electron chi connectivity index (χ3n) is 4.99. The Hall–Kier alpha value is -0.300. The molecule has 1 saturated carbocycles. The van der Waals surface area contributed by atoms with E-state index in [1.165, 1.54) is 70.8 Å². The molecule has 0 saturated heterocycles. The molecule has 0 heterocycles. The van der Waals surface area contributed by atoms with E-state index in [9.17, 15) is 0 Å². The monoisotopic (exact) mass is 263 g/mol. The number of allylic oxidation sites excluding steroid dienone is 1. The first-order chi connectivity index (χ1) is 9.02. The highest BCUT2D eigenvalue weighted by Gasteiger charge is 2.35. The lowest BCUT2D eigenvalue weighted by atomic mass is 9.70. The molecule has 19 heavy (non-hydrogen) atoms. The number of nitrogens with one attached hydrogen (secondary N) is 1. The summed E-state index contributed by atoms with van der Waals surface area (Å²) in [6.45, 7) is 8.09. The van der Waals surface area contributed by atoms with Gasteiger partial charge in [0.2, 0.25) is 0 Å². The quantitative estimate of drug-likeness (QED) is 0.544. The van der Waals surface area contributed by atoms with Gasteiger partial charge < -0.3 is 5.32 Å². The topological polar surface area (TPSA) is 12.0 Å². The van der Waals surface area contributed by atoms with Crippen molar-refractivity contribution in [2.45, 2.75) is 90.5 Å². The van der Waals surface area contributed by atoms with Crippen molar-refractivity contribution in [3.63, 3.8) is 0 Å². The highest BCUT2D eigenvalue weighted by atomic mass is 15.0. The van der Waals surface area contributed by atoms with Crippen LogP contribution < -0.4 is 5.32 Å². The van der Waals surface area contributed by atoms with Crippen LogP contribution in [0, 0.1) is 5.41 Å². The zero-order valence-corrected chi connectivity index (χ0v) is 13.4. The second-order valence-electron chi connectivity index (χ2n) is 7.77. The Kier molecular flexibility index (Phi) is 5.11. The Morgan fingerprint density at radius 1 is 1.00 bits per heavy atom. The van der Waals surface area contributed by atoms with E-state index >= 15 is 0 Å². The van der Waals surface area contributed by atoms with Crippen molar-refractivity contribution in [2.24, 2.45) is 5.41 Å². The van der Waals surface area contributed by atoms with Crippen molar-refractivity contribution in [1.82, 2.24) is 5.32 Å². The molecule has 0 atom stereocenters. The SMILES string of the molecule is CC(C)(C)NCC1(C2=CCCCC2)CCCCCC1. The van der Waals surface area contributed by atoms with E-state index < -0.39 is 0 Å². The van der Waals surface area contributed by atoms with Crippen molar-refractivity contribution in [1.29, 1.82) is 0 Å². The molecule has 110 valence electrons. The summed E-state index contributed by atoms with van der Waals surface area (Å²) in [4.78, 5) is 0. The Morgan fingerprint density at radius 3 is 2.21 bits per heavy atom. The van der Waals surface area contributed by atoms with Crippen LogP contribution in [0.1, 0.15) is 85.0 Å². The Balaban J connectivity index is 2.13. The molecule has 1 nitrogen and oxygen atoms in total. The second kappa shape index (κ2) is 6.43. The molecule has 1 fully saturated rings. The van der Waals surface area contributed by atoms with Crippen LogP contribution in [0.5, 0.6) is 0 Å². The average Bonchev–Trinajstić information content (AvgIpc) is 2.63. The van der Waals surface area contributed by atoms with Gasteiger partial charge in [0.05, 0.1) is 0 Å². The van der Waals surface area contributed by atoms with Crippen molar-refractivity contribution in [3.05, 3.63) is 11.6 Å². The van der Waals surface area contributed by atoms with Gasteiger partial charge in [0.15, 0.2) is 0 Å². The Morgan fingerprint density at radius 2 is 1.68 bits per heavy atom. The smallest absolute Gasteiger partial charge is 0.00968 e. The lowest BCUT2D eigenvalue weighted by Crippen LogP contribution is -2.45. The normalized spacial score (nSPS) is 24.7. The molecular weight excluding hydrogens is 230 g/mol. The van der Waals surface area contributed by atoms with Crippen molar-refractivity contribution in [3.8, 4) is 0 Å². The van der Waals surface area contributed by atoms with Gasteiger partial charge in [0, 0.05) is 17.5 Å². The molecule has 0 aromatic carbocycles. The average molecular weight is 263 g/mol. The summed E-state index contributed by atoms with van der Waals surface area (Å²) in [7, 11) is 0. The van der Waals surface area contributed by atoms with Crippen LogP contribution >= 0.6 is 0 Å². The maximum Gasteiger partial charge on any atom is 0.00968 e. The zero-order valence-electron chi connectivity index (χ0n) is 13.4. The van der Waals surface area contributed by atoms with Crippen LogP contribution in [0.3, 0.4) is 0 Å². The van der Waals surface area contributed by atoms with Gasteiger partial charge in [-0.05, 0) is 59.3 Å². The molecule has 1 heteroatoms. The van der Waals surface area contributed by atoms with Gasteiger partial charge in [-0.25, -0.2) is 0 Å². The van der Waals surface area contributed by atoms with Crippen LogP contribution in [0.15, 0.2) is 11.6 Å². The molecule has 0 spiro atoms. The third kappa shape index (κ3) is 4.34. The van der Waals surface area contributed by atoms with Gasteiger partial charge in [0.1, 0.15) is 0 Å². The first-order valence-electron chi connectivity index (χ1n) is 8.46. The molecule has 2 rings (SSSR count). The molecule has 0 radical (unpaired) electrons. The minimum absolute atomic E-state index is 0.245. The van der Waals surface area contributed by atoms with E-state index in [4.69, 9.17) is 0 Å². The second-order valence-corrected chi connectivity index (χ2v) is 7.77. The molecule has 2 aliphatic carbocycles. The third-order valence-corrected chi connectivity index (χ3v) is 4.99. The molecule has 0 bridgehead atoms. The van der Waals surface area contributed by atoms with E-state index in [0.717, 1.165) is 0 Å². The Labute approximate surface area is 120 Å². The molecule has 0 amide bonds. The minimum Gasteiger partial charge on any atom is -0.311 e. The predicted molar refractivity (Wildman–Crippen MR) is 84.4 cm³/mol. The Bertz CT molecular complexity index is 300. The lowest BCUT2D eigenvalue weighted by molar-refractivity contribution is 0.244. The highest BCUT2D eigenvalue weighted by molar-refractivity contribution is 5.18. The summed E-state index contributed by atoms with van der Waals surface area (Å²) in [6.07, 6.45) is 16.7. The van der Waals surface area contributed by atoms with Gasteiger partial charge in [-0.1, -0.05) is 37.3 Å². The first-order valence-corrected chi connectivity index (χ1v) is 8.46. The standard InChI is InChI=1S/C18H33N/c1-17(2,3)19-15-18(13-9-4-5-10-14-18)16-11-7-6-8-12-16/h11,19H,4-10,12-15H2,1-3H3. The molecule has 0 aromatic rings. The van der Waals surface area contributed by atoms with E-state index in [1.807, 2.05) is 0 Å². The van der Waals surface area contributed by atoms with Gasteiger partial charge >= 0.3 is 0 Å². The number of hydrogen-bond donors (Lipinski definition) is 1. The summed E-state index contributed by atoms with van der Waals surface area (Å²) >= 11 is 0. The van der Waals surface area contributed by atoms with Crippen LogP contribution in [-0.2, 0) is 0 Å². The van der Waals surface area contributed by atoms with Gasteiger partial charge in [-0.15, -0.1) is 0 Å². The fourth-order valence-electron chi connectivity index (χ4n) is 3.77. The van der Waals surface area contributed by atoms with Crippen molar-refractivity contribution in [2.75, 3.05) is 6.54 Å². The van der Waals surface area contributed by atoms with Crippen LogP contribution in [0.25, 0.3) is 0 Å². The molecule has 2 aliphatic rings. The number of rotatable bonds is 3. The van der Waals surface area contributed by atoms with Gasteiger partial charge in [-0.2, -0.15) is 0 Å². The van der Waals surface area contributed by atoms with E-state index in [1.54, 1.807) is 5.57 Å². The van der Waals surface area contributed by atoms with Crippen molar-refractivity contribution >= 4 is 0 Å². The van der Waals surface area contributed by atoms with Crippen LogP contribution in [-0.4, -0.2) is 12.1 Å².